The number of anilines is 1. The number of rotatable bonds is 3. The van der Waals surface area contributed by atoms with Gasteiger partial charge in [-0.1, -0.05) is 0 Å². The van der Waals surface area contributed by atoms with E-state index in [1.807, 2.05) is 11.8 Å². The van der Waals surface area contributed by atoms with Gasteiger partial charge in [0.1, 0.15) is 5.75 Å². The van der Waals surface area contributed by atoms with Gasteiger partial charge < -0.3 is 20.5 Å². The van der Waals surface area contributed by atoms with Gasteiger partial charge in [-0.25, -0.2) is 0 Å². The molecule has 3 rings (SSSR count). The Kier molecular flexibility index (Phi) is 3.76. The SMILES string of the molecule is CCOc1ccc(C(=O)N2C3CCC2CC(O)C3)cc1N. The molecule has 2 saturated heterocycles. The van der Waals surface area contributed by atoms with Crippen LogP contribution in [0.25, 0.3) is 0 Å². The van der Waals surface area contributed by atoms with Gasteiger partial charge in [-0.3, -0.25) is 4.79 Å². The van der Waals surface area contributed by atoms with Gasteiger partial charge in [0.15, 0.2) is 0 Å². The topological polar surface area (TPSA) is 75.8 Å². The molecule has 5 nitrogen and oxygen atoms in total. The number of benzene rings is 1. The lowest BCUT2D eigenvalue weighted by Crippen LogP contribution is -2.48. The molecular weight excluding hydrogens is 268 g/mol. The highest BCUT2D eigenvalue weighted by Gasteiger charge is 2.42. The van der Waals surface area contributed by atoms with Gasteiger partial charge in [0.05, 0.1) is 18.4 Å². The fraction of sp³-hybridized carbons (Fsp3) is 0.562. The van der Waals surface area contributed by atoms with Crippen LogP contribution in [0.5, 0.6) is 5.75 Å². The number of carbonyl (C=O) groups excluding carboxylic acids is 1. The van der Waals surface area contributed by atoms with E-state index < -0.39 is 0 Å². The zero-order chi connectivity index (χ0) is 15.0. The Labute approximate surface area is 124 Å². The Morgan fingerprint density at radius 2 is 2.05 bits per heavy atom. The standard InChI is InChI=1S/C16H22N2O3/c1-2-21-15-6-3-10(7-14(15)17)16(20)18-11-4-5-12(18)9-13(19)8-11/h3,6-7,11-13,19H,2,4-5,8-9,17H2,1H3. The van der Waals surface area contributed by atoms with Crippen molar-refractivity contribution in [2.45, 2.75) is 50.8 Å². The summed E-state index contributed by atoms with van der Waals surface area (Å²) in [6, 6.07) is 5.55. The minimum Gasteiger partial charge on any atom is -0.492 e. The molecule has 0 aliphatic carbocycles. The number of nitrogen functional groups attached to an aromatic ring is 1. The molecule has 2 unspecified atom stereocenters. The van der Waals surface area contributed by atoms with Crippen molar-refractivity contribution < 1.29 is 14.6 Å². The summed E-state index contributed by atoms with van der Waals surface area (Å²) in [6.07, 6.45) is 3.08. The van der Waals surface area contributed by atoms with Crippen molar-refractivity contribution in [3.63, 3.8) is 0 Å². The maximum absolute atomic E-state index is 12.7. The van der Waals surface area contributed by atoms with E-state index in [0.29, 0.717) is 36.4 Å². The second kappa shape index (κ2) is 5.56. The number of amides is 1. The van der Waals surface area contributed by atoms with Crippen LogP contribution >= 0.6 is 0 Å². The van der Waals surface area contributed by atoms with E-state index in [4.69, 9.17) is 10.5 Å². The van der Waals surface area contributed by atoms with Gasteiger partial charge in [-0.2, -0.15) is 0 Å². The van der Waals surface area contributed by atoms with Crippen LogP contribution in [0.4, 0.5) is 5.69 Å². The molecule has 2 aliphatic rings. The molecule has 1 amide bonds. The summed E-state index contributed by atoms with van der Waals surface area (Å²) < 4.78 is 5.40. The molecule has 1 aromatic carbocycles. The fourth-order valence-corrected chi connectivity index (χ4v) is 3.60. The predicted octanol–water partition coefficient (Wildman–Crippen LogP) is 1.80. The molecule has 5 heteroatoms. The van der Waals surface area contributed by atoms with Crippen LogP contribution in [0.2, 0.25) is 0 Å². The number of hydrogen-bond acceptors (Lipinski definition) is 4. The van der Waals surface area contributed by atoms with Gasteiger partial charge in [0.25, 0.3) is 5.91 Å². The second-order valence-corrected chi connectivity index (χ2v) is 5.91. The van der Waals surface area contributed by atoms with Crippen LogP contribution in [0, 0.1) is 0 Å². The van der Waals surface area contributed by atoms with Crippen molar-refractivity contribution in [2.24, 2.45) is 0 Å². The maximum atomic E-state index is 12.7. The highest BCUT2D eigenvalue weighted by Crippen LogP contribution is 2.37. The molecule has 2 fully saturated rings. The molecule has 0 radical (unpaired) electrons. The summed E-state index contributed by atoms with van der Waals surface area (Å²) >= 11 is 0. The molecule has 2 aliphatic heterocycles. The van der Waals surface area contributed by atoms with E-state index in [-0.39, 0.29) is 24.1 Å². The van der Waals surface area contributed by atoms with Crippen molar-refractivity contribution in [1.29, 1.82) is 0 Å². The minimum absolute atomic E-state index is 0.0177. The van der Waals surface area contributed by atoms with Crippen molar-refractivity contribution in [3.8, 4) is 5.75 Å². The van der Waals surface area contributed by atoms with Crippen LogP contribution < -0.4 is 10.5 Å². The first kappa shape index (κ1) is 14.2. The fourth-order valence-electron chi connectivity index (χ4n) is 3.60. The van der Waals surface area contributed by atoms with Crippen molar-refractivity contribution in [2.75, 3.05) is 12.3 Å². The molecule has 1 aromatic rings. The molecular formula is C16H22N2O3. The van der Waals surface area contributed by atoms with E-state index in [2.05, 4.69) is 0 Å². The van der Waals surface area contributed by atoms with E-state index in [1.165, 1.54) is 0 Å². The molecule has 114 valence electrons. The molecule has 3 N–H and O–H groups in total. The van der Waals surface area contributed by atoms with Gasteiger partial charge in [0.2, 0.25) is 0 Å². The van der Waals surface area contributed by atoms with Crippen LogP contribution in [0.15, 0.2) is 18.2 Å². The summed E-state index contributed by atoms with van der Waals surface area (Å²) in [5, 5.41) is 9.83. The number of nitrogens with two attached hydrogens (primary N) is 1. The summed E-state index contributed by atoms with van der Waals surface area (Å²) in [7, 11) is 0. The number of ether oxygens (including phenoxy) is 1. The number of fused-ring (bicyclic) bond motifs is 2. The summed E-state index contributed by atoms with van der Waals surface area (Å²) in [6.45, 7) is 2.45. The molecule has 0 aromatic heterocycles. The number of piperidine rings is 1. The molecule has 2 heterocycles. The lowest BCUT2D eigenvalue weighted by atomic mass is 9.98. The quantitative estimate of drug-likeness (QED) is 0.832. The molecule has 0 spiro atoms. The van der Waals surface area contributed by atoms with Gasteiger partial charge in [0, 0.05) is 17.6 Å². The Hall–Kier alpha value is -1.75. The third-order valence-electron chi connectivity index (χ3n) is 4.50. The van der Waals surface area contributed by atoms with Gasteiger partial charge in [-0.15, -0.1) is 0 Å². The first-order valence-electron chi connectivity index (χ1n) is 7.63. The average molecular weight is 290 g/mol. The third kappa shape index (κ3) is 2.58. The summed E-state index contributed by atoms with van der Waals surface area (Å²) in [5.41, 5.74) is 7.04. The average Bonchev–Trinajstić information content (AvgIpc) is 2.72. The van der Waals surface area contributed by atoms with E-state index >= 15 is 0 Å². The molecule has 0 saturated carbocycles. The predicted molar refractivity (Wildman–Crippen MR) is 80.2 cm³/mol. The van der Waals surface area contributed by atoms with Crippen molar-refractivity contribution in [3.05, 3.63) is 23.8 Å². The normalized spacial score (nSPS) is 27.7. The van der Waals surface area contributed by atoms with Gasteiger partial charge >= 0.3 is 0 Å². The van der Waals surface area contributed by atoms with Crippen LogP contribution in [0.1, 0.15) is 43.0 Å². The van der Waals surface area contributed by atoms with Crippen LogP contribution in [-0.2, 0) is 0 Å². The first-order valence-corrected chi connectivity index (χ1v) is 7.63. The Balaban J connectivity index is 1.81. The number of carbonyl (C=O) groups is 1. The van der Waals surface area contributed by atoms with Gasteiger partial charge in [-0.05, 0) is 50.8 Å². The minimum atomic E-state index is -0.267. The molecule has 2 bridgehead atoms. The highest BCUT2D eigenvalue weighted by atomic mass is 16.5. The Morgan fingerprint density at radius 1 is 1.38 bits per heavy atom. The molecule has 2 atom stereocenters. The number of aliphatic hydroxyl groups excluding tert-OH is 1. The van der Waals surface area contributed by atoms with Crippen LogP contribution in [0.3, 0.4) is 0 Å². The van der Waals surface area contributed by atoms with Crippen LogP contribution in [-0.4, -0.2) is 40.7 Å². The maximum Gasteiger partial charge on any atom is 0.254 e. The lowest BCUT2D eigenvalue weighted by Gasteiger charge is -2.37. The van der Waals surface area contributed by atoms with E-state index in [9.17, 15) is 9.90 Å². The van der Waals surface area contributed by atoms with E-state index in [1.54, 1.807) is 18.2 Å². The number of hydrogen-bond donors (Lipinski definition) is 2. The summed E-state index contributed by atoms with van der Waals surface area (Å²) in [4.78, 5) is 14.7. The van der Waals surface area contributed by atoms with Crippen molar-refractivity contribution in [1.82, 2.24) is 4.90 Å². The van der Waals surface area contributed by atoms with E-state index in [0.717, 1.165) is 12.8 Å². The summed E-state index contributed by atoms with van der Waals surface area (Å²) in [5.74, 6) is 0.634. The number of nitrogens with zero attached hydrogens (tertiary/aromatic N) is 1. The largest absolute Gasteiger partial charge is 0.492 e. The zero-order valence-electron chi connectivity index (χ0n) is 12.3. The third-order valence-corrected chi connectivity index (χ3v) is 4.50. The lowest BCUT2D eigenvalue weighted by molar-refractivity contribution is 0.0287. The second-order valence-electron chi connectivity index (χ2n) is 5.91. The highest BCUT2D eigenvalue weighted by molar-refractivity contribution is 5.96. The monoisotopic (exact) mass is 290 g/mol. The number of aliphatic hydroxyl groups is 1. The molecule has 21 heavy (non-hydrogen) atoms. The smallest absolute Gasteiger partial charge is 0.254 e. The van der Waals surface area contributed by atoms with Crippen molar-refractivity contribution >= 4 is 11.6 Å². The Morgan fingerprint density at radius 3 is 2.62 bits per heavy atom. The Bertz CT molecular complexity index is 532. The first-order chi connectivity index (χ1) is 10.1. The zero-order valence-corrected chi connectivity index (χ0v) is 12.3.